The minimum atomic E-state index is -3.61. The number of nitrogens with zero attached hydrogens (tertiary/aromatic N) is 2. The van der Waals surface area contributed by atoms with Gasteiger partial charge in [0.2, 0.25) is 0 Å². The lowest BCUT2D eigenvalue weighted by Crippen LogP contribution is -2.26. The maximum Gasteiger partial charge on any atom is 0.264 e. The van der Waals surface area contributed by atoms with Gasteiger partial charge in [0.15, 0.2) is 0 Å². The molecule has 1 aromatic heterocycles. The summed E-state index contributed by atoms with van der Waals surface area (Å²) in [5.74, 6) is 0. The van der Waals surface area contributed by atoms with Crippen molar-refractivity contribution in [1.82, 2.24) is 4.98 Å². The van der Waals surface area contributed by atoms with Crippen molar-refractivity contribution in [3.63, 3.8) is 0 Å². The van der Waals surface area contributed by atoms with Gasteiger partial charge >= 0.3 is 0 Å². The van der Waals surface area contributed by atoms with E-state index in [1.165, 1.54) is 35.9 Å². The molecule has 1 unspecified atom stereocenters. The standard InChI is InChI=1S/C14H16N2O3S/c1-11(17)12-3-5-14(6-4-12)20(18,19)16(2)13-7-9-15-10-8-13/h3-11,17H,1-2H3. The fourth-order valence-corrected chi connectivity index (χ4v) is 2.96. The minimum Gasteiger partial charge on any atom is -0.389 e. The lowest BCUT2D eigenvalue weighted by Gasteiger charge is -2.19. The van der Waals surface area contributed by atoms with E-state index in [0.29, 0.717) is 11.3 Å². The van der Waals surface area contributed by atoms with E-state index in [-0.39, 0.29) is 4.90 Å². The molecule has 6 heteroatoms. The topological polar surface area (TPSA) is 70.5 Å². The molecule has 0 amide bonds. The lowest BCUT2D eigenvalue weighted by atomic mass is 10.1. The molecule has 0 saturated carbocycles. The van der Waals surface area contributed by atoms with Crippen molar-refractivity contribution in [3.05, 3.63) is 54.4 Å². The van der Waals surface area contributed by atoms with Crippen LogP contribution in [0.3, 0.4) is 0 Å². The van der Waals surface area contributed by atoms with E-state index in [2.05, 4.69) is 4.98 Å². The Kier molecular flexibility index (Phi) is 4.06. The van der Waals surface area contributed by atoms with Gasteiger partial charge in [-0.3, -0.25) is 9.29 Å². The van der Waals surface area contributed by atoms with Crippen LogP contribution in [0.2, 0.25) is 0 Å². The summed E-state index contributed by atoms with van der Waals surface area (Å²) >= 11 is 0. The number of aromatic nitrogens is 1. The van der Waals surface area contributed by atoms with E-state index >= 15 is 0 Å². The Morgan fingerprint density at radius 1 is 1.10 bits per heavy atom. The Labute approximate surface area is 118 Å². The predicted octanol–water partition coefficient (Wildman–Crippen LogP) is 1.96. The Morgan fingerprint density at radius 2 is 1.65 bits per heavy atom. The van der Waals surface area contributed by atoms with E-state index in [4.69, 9.17) is 0 Å². The number of anilines is 1. The number of sulfonamides is 1. The molecule has 0 aliphatic rings. The Hall–Kier alpha value is -1.92. The number of rotatable bonds is 4. The maximum atomic E-state index is 12.5. The molecule has 106 valence electrons. The maximum absolute atomic E-state index is 12.5. The van der Waals surface area contributed by atoms with Crippen LogP contribution in [0.4, 0.5) is 5.69 Å². The summed E-state index contributed by atoms with van der Waals surface area (Å²) in [4.78, 5) is 4.05. The first-order valence-corrected chi connectivity index (χ1v) is 7.54. The SMILES string of the molecule is CC(O)c1ccc(S(=O)(=O)N(C)c2ccncc2)cc1. The molecule has 0 fully saturated rings. The van der Waals surface area contributed by atoms with Crippen LogP contribution in [0.15, 0.2) is 53.7 Å². The molecule has 0 saturated heterocycles. The molecular formula is C14H16N2O3S. The van der Waals surface area contributed by atoms with Crippen molar-refractivity contribution in [3.8, 4) is 0 Å². The van der Waals surface area contributed by atoms with Crippen LogP contribution in [-0.4, -0.2) is 25.6 Å². The van der Waals surface area contributed by atoms with Crippen LogP contribution in [0, 0.1) is 0 Å². The number of pyridine rings is 1. The molecule has 2 aromatic rings. The fraction of sp³-hybridized carbons (Fsp3) is 0.214. The average Bonchev–Trinajstić information content (AvgIpc) is 2.47. The predicted molar refractivity (Wildman–Crippen MR) is 76.9 cm³/mol. The van der Waals surface area contributed by atoms with Gasteiger partial charge in [0.05, 0.1) is 16.7 Å². The van der Waals surface area contributed by atoms with E-state index in [1.807, 2.05) is 0 Å². The first kappa shape index (κ1) is 14.5. The number of hydrogen-bond acceptors (Lipinski definition) is 4. The van der Waals surface area contributed by atoms with Gasteiger partial charge in [0, 0.05) is 19.4 Å². The lowest BCUT2D eigenvalue weighted by molar-refractivity contribution is 0.199. The summed E-state index contributed by atoms with van der Waals surface area (Å²) in [6, 6.07) is 9.46. The third kappa shape index (κ3) is 2.81. The van der Waals surface area contributed by atoms with Crippen LogP contribution in [0.25, 0.3) is 0 Å². The van der Waals surface area contributed by atoms with Gasteiger partial charge in [-0.15, -0.1) is 0 Å². The third-order valence-corrected chi connectivity index (χ3v) is 4.85. The summed E-state index contributed by atoms with van der Waals surface area (Å²) in [6.45, 7) is 1.63. The second-order valence-corrected chi connectivity index (χ2v) is 6.39. The van der Waals surface area contributed by atoms with Gasteiger partial charge in [-0.2, -0.15) is 0 Å². The van der Waals surface area contributed by atoms with Crippen LogP contribution < -0.4 is 4.31 Å². The van der Waals surface area contributed by atoms with Crippen molar-refractivity contribution in [2.45, 2.75) is 17.9 Å². The zero-order valence-corrected chi connectivity index (χ0v) is 12.1. The van der Waals surface area contributed by atoms with Gasteiger partial charge in [0.1, 0.15) is 0 Å². The fourth-order valence-electron chi connectivity index (χ4n) is 1.77. The Bertz CT molecular complexity index is 667. The van der Waals surface area contributed by atoms with Crippen molar-refractivity contribution in [1.29, 1.82) is 0 Å². The van der Waals surface area contributed by atoms with Gasteiger partial charge in [-0.1, -0.05) is 12.1 Å². The second-order valence-electron chi connectivity index (χ2n) is 4.42. The molecule has 0 bridgehead atoms. The molecule has 1 atom stereocenters. The zero-order valence-electron chi connectivity index (χ0n) is 11.3. The minimum absolute atomic E-state index is 0.182. The molecule has 1 aromatic carbocycles. The van der Waals surface area contributed by atoms with Crippen LogP contribution >= 0.6 is 0 Å². The highest BCUT2D eigenvalue weighted by Crippen LogP contribution is 2.22. The summed E-state index contributed by atoms with van der Waals surface area (Å²) in [6.07, 6.45) is 2.46. The van der Waals surface area contributed by atoms with Gasteiger partial charge in [-0.25, -0.2) is 8.42 Å². The number of aliphatic hydroxyl groups excluding tert-OH is 1. The van der Waals surface area contributed by atoms with Gasteiger partial charge in [0.25, 0.3) is 10.0 Å². The molecule has 0 aliphatic heterocycles. The van der Waals surface area contributed by atoms with E-state index in [0.717, 1.165) is 0 Å². The van der Waals surface area contributed by atoms with E-state index < -0.39 is 16.1 Å². The largest absolute Gasteiger partial charge is 0.389 e. The second kappa shape index (κ2) is 5.60. The molecule has 1 heterocycles. The monoisotopic (exact) mass is 292 g/mol. The van der Waals surface area contributed by atoms with Crippen molar-refractivity contribution >= 4 is 15.7 Å². The molecular weight excluding hydrogens is 276 g/mol. The highest BCUT2D eigenvalue weighted by Gasteiger charge is 2.21. The van der Waals surface area contributed by atoms with Crippen LogP contribution in [-0.2, 0) is 10.0 Å². The Balaban J connectivity index is 2.35. The molecule has 0 spiro atoms. The zero-order chi connectivity index (χ0) is 14.8. The van der Waals surface area contributed by atoms with E-state index in [9.17, 15) is 13.5 Å². The van der Waals surface area contributed by atoms with Crippen molar-refractivity contribution in [2.75, 3.05) is 11.4 Å². The van der Waals surface area contributed by atoms with Crippen LogP contribution in [0.1, 0.15) is 18.6 Å². The van der Waals surface area contributed by atoms with E-state index in [1.54, 1.807) is 31.2 Å². The van der Waals surface area contributed by atoms with Gasteiger partial charge < -0.3 is 5.11 Å². The first-order valence-electron chi connectivity index (χ1n) is 6.10. The summed E-state index contributed by atoms with van der Waals surface area (Å²) in [7, 11) is -2.12. The Morgan fingerprint density at radius 3 is 2.15 bits per heavy atom. The van der Waals surface area contributed by atoms with Crippen molar-refractivity contribution in [2.24, 2.45) is 0 Å². The number of benzene rings is 1. The molecule has 0 radical (unpaired) electrons. The third-order valence-electron chi connectivity index (χ3n) is 3.05. The normalized spacial score (nSPS) is 12.9. The summed E-state index contributed by atoms with van der Waals surface area (Å²) in [5, 5.41) is 9.44. The smallest absolute Gasteiger partial charge is 0.264 e. The summed E-state index contributed by atoms with van der Waals surface area (Å²) in [5.41, 5.74) is 1.22. The number of hydrogen-bond donors (Lipinski definition) is 1. The molecule has 0 aliphatic carbocycles. The average molecular weight is 292 g/mol. The summed E-state index contributed by atoms with van der Waals surface area (Å²) < 4.78 is 26.1. The highest BCUT2D eigenvalue weighted by molar-refractivity contribution is 7.92. The van der Waals surface area contributed by atoms with Crippen LogP contribution in [0.5, 0.6) is 0 Å². The quantitative estimate of drug-likeness (QED) is 0.935. The first-order chi connectivity index (χ1) is 9.43. The molecule has 2 rings (SSSR count). The number of aliphatic hydroxyl groups is 1. The molecule has 5 nitrogen and oxygen atoms in total. The van der Waals surface area contributed by atoms with Gasteiger partial charge in [-0.05, 0) is 36.8 Å². The molecule has 1 N–H and O–H groups in total. The molecule has 20 heavy (non-hydrogen) atoms. The van der Waals surface area contributed by atoms with Crippen molar-refractivity contribution < 1.29 is 13.5 Å². The highest BCUT2D eigenvalue weighted by atomic mass is 32.2.